The monoisotopic (exact) mass is 430 g/mol. The van der Waals surface area contributed by atoms with Gasteiger partial charge in [0.2, 0.25) is 6.29 Å². The molecule has 2 aliphatic heterocycles. The molecule has 2 heterocycles. The number of hydrogen-bond acceptors (Lipinski definition) is 4. The zero-order valence-corrected chi connectivity index (χ0v) is 18.5. The highest BCUT2D eigenvalue weighted by atomic mass is 16.7. The van der Waals surface area contributed by atoms with Crippen LogP contribution in [-0.2, 0) is 33.8 Å². The Morgan fingerprint density at radius 1 is 0.875 bits per heavy atom. The van der Waals surface area contributed by atoms with E-state index in [1.807, 2.05) is 36.4 Å². The Bertz CT molecular complexity index is 1000. The van der Waals surface area contributed by atoms with Gasteiger partial charge in [-0.15, -0.1) is 0 Å². The molecule has 0 saturated carbocycles. The molecule has 0 aliphatic carbocycles. The molecule has 1 saturated heterocycles. The summed E-state index contributed by atoms with van der Waals surface area (Å²) in [5, 5.41) is 0. The molecule has 0 N–H and O–H groups in total. The van der Waals surface area contributed by atoms with Crippen molar-refractivity contribution in [2.75, 3.05) is 6.61 Å². The van der Waals surface area contributed by atoms with Crippen LogP contribution < -0.4 is 4.74 Å². The van der Waals surface area contributed by atoms with Crippen LogP contribution in [0, 0.1) is 12.8 Å². The molecular formula is C28H30O4. The van der Waals surface area contributed by atoms with Crippen molar-refractivity contribution >= 4 is 0 Å². The minimum atomic E-state index is -0.316. The summed E-state index contributed by atoms with van der Waals surface area (Å²) in [6, 6.07) is 27.0. The van der Waals surface area contributed by atoms with Crippen molar-refractivity contribution in [3.63, 3.8) is 0 Å². The Morgan fingerprint density at radius 2 is 1.59 bits per heavy atom. The van der Waals surface area contributed by atoms with E-state index in [1.54, 1.807) is 0 Å². The number of fused-ring (bicyclic) bond motifs is 2. The van der Waals surface area contributed by atoms with Crippen molar-refractivity contribution < 1.29 is 18.9 Å². The topological polar surface area (TPSA) is 36.9 Å². The zero-order chi connectivity index (χ0) is 21.8. The predicted molar refractivity (Wildman–Crippen MR) is 123 cm³/mol. The van der Waals surface area contributed by atoms with E-state index in [2.05, 4.69) is 49.4 Å². The van der Waals surface area contributed by atoms with Crippen molar-refractivity contribution in [2.24, 2.45) is 5.92 Å². The number of benzene rings is 3. The highest BCUT2D eigenvalue weighted by Gasteiger charge is 2.43. The molecule has 0 bridgehead atoms. The molecule has 4 nitrogen and oxygen atoms in total. The van der Waals surface area contributed by atoms with Gasteiger partial charge in [0.05, 0.1) is 37.9 Å². The minimum Gasteiger partial charge on any atom is -0.464 e. The molecule has 2 aliphatic rings. The first-order valence-electron chi connectivity index (χ1n) is 11.4. The van der Waals surface area contributed by atoms with E-state index < -0.39 is 0 Å². The molecule has 3 aromatic rings. The summed E-state index contributed by atoms with van der Waals surface area (Å²) >= 11 is 0. The molecule has 0 aromatic heterocycles. The lowest BCUT2D eigenvalue weighted by atomic mass is 9.85. The van der Waals surface area contributed by atoms with Gasteiger partial charge in [0.25, 0.3) is 0 Å². The number of ether oxygens (including phenoxy) is 4. The highest BCUT2D eigenvalue weighted by molar-refractivity contribution is 5.39. The molecule has 3 aromatic carbocycles. The van der Waals surface area contributed by atoms with E-state index in [1.165, 1.54) is 16.7 Å². The van der Waals surface area contributed by atoms with Crippen LogP contribution in [0.15, 0.2) is 78.9 Å². The molecule has 166 valence electrons. The lowest BCUT2D eigenvalue weighted by molar-refractivity contribution is -0.238. The second-order valence-corrected chi connectivity index (χ2v) is 8.79. The average molecular weight is 431 g/mol. The molecule has 4 unspecified atom stereocenters. The third-order valence-electron chi connectivity index (χ3n) is 6.29. The first-order chi connectivity index (χ1) is 15.7. The maximum Gasteiger partial charge on any atom is 0.205 e. The quantitative estimate of drug-likeness (QED) is 0.499. The lowest BCUT2D eigenvalue weighted by Crippen LogP contribution is -2.51. The van der Waals surface area contributed by atoms with Gasteiger partial charge in [-0.3, -0.25) is 0 Å². The molecule has 1 fully saturated rings. The summed E-state index contributed by atoms with van der Waals surface area (Å²) in [6.07, 6.45) is 1.37. The van der Waals surface area contributed by atoms with E-state index >= 15 is 0 Å². The van der Waals surface area contributed by atoms with Crippen molar-refractivity contribution in [2.45, 2.75) is 51.5 Å². The SMILES string of the molecule is Cc1ccc2c(c1)OC1OC(COCc3ccccc3)CC(OCc3ccccc3)C1C2. The van der Waals surface area contributed by atoms with Gasteiger partial charge in [-0.05, 0) is 41.7 Å². The summed E-state index contributed by atoms with van der Waals surface area (Å²) in [7, 11) is 0. The third kappa shape index (κ3) is 5.04. The number of hydrogen-bond donors (Lipinski definition) is 0. The van der Waals surface area contributed by atoms with E-state index in [9.17, 15) is 0 Å². The maximum absolute atomic E-state index is 6.46. The standard InChI is InChI=1S/C28H30O4/c1-20-12-13-23-15-25-27(30-18-22-10-6-3-7-11-22)16-24(31-28(25)32-26(23)14-20)19-29-17-21-8-4-2-5-9-21/h2-14,24-25,27-28H,15-19H2,1H3. The Morgan fingerprint density at radius 3 is 2.34 bits per heavy atom. The van der Waals surface area contributed by atoms with E-state index in [0.29, 0.717) is 19.8 Å². The van der Waals surface area contributed by atoms with Crippen molar-refractivity contribution in [1.82, 2.24) is 0 Å². The van der Waals surface area contributed by atoms with Gasteiger partial charge >= 0.3 is 0 Å². The van der Waals surface area contributed by atoms with Gasteiger partial charge < -0.3 is 18.9 Å². The van der Waals surface area contributed by atoms with Crippen LogP contribution in [-0.4, -0.2) is 25.1 Å². The van der Waals surface area contributed by atoms with Gasteiger partial charge in [-0.25, -0.2) is 0 Å². The van der Waals surface area contributed by atoms with E-state index in [-0.39, 0.29) is 24.4 Å². The Labute approximate surface area is 190 Å². The van der Waals surface area contributed by atoms with Crippen molar-refractivity contribution in [3.8, 4) is 5.75 Å². The average Bonchev–Trinajstić information content (AvgIpc) is 2.83. The molecule has 4 atom stereocenters. The van der Waals surface area contributed by atoms with Crippen LogP contribution in [0.25, 0.3) is 0 Å². The molecule has 5 rings (SSSR count). The smallest absolute Gasteiger partial charge is 0.205 e. The van der Waals surface area contributed by atoms with Crippen LogP contribution in [0.1, 0.15) is 28.7 Å². The van der Waals surface area contributed by atoms with Crippen molar-refractivity contribution in [1.29, 1.82) is 0 Å². The molecule has 0 spiro atoms. The molecule has 4 heteroatoms. The van der Waals surface area contributed by atoms with Gasteiger partial charge in [0, 0.05) is 6.42 Å². The maximum atomic E-state index is 6.46. The second-order valence-electron chi connectivity index (χ2n) is 8.79. The van der Waals surface area contributed by atoms with Crippen LogP contribution in [0.5, 0.6) is 5.75 Å². The summed E-state index contributed by atoms with van der Waals surface area (Å²) < 4.78 is 25.2. The molecular weight excluding hydrogens is 400 g/mol. The fourth-order valence-electron chi connectivity index (χ4n) is 4.58. The zero-order valence-electron chi connectivity index (χ0n) is 18.5. The first kappa shape index (κ1) is 21.2. The normalized spacial score (nSPS) is 24.3. The summed E-state index contributed by atoms with van der Waals surface area (Å²) in [5.41, 5.74) is 4.77. The second kappa shape index (κ2) is 9.86. The van der Waals surface area contributed by atoms with Crippen LogP contribution in [0.2, 0.25) is 0 Å². The van der Waals surface area contributed by atoms with E-state index in [4.69, 9.17) is 18.9 Å². The summed E-state index contributed by atoms with van der Waals surface area (Å²) in [5.74, 6) is 1.10. The van der Waals surface area contributed by atoms with Crippen LogP contribution >= 0.6 is 0 Å². The summed E-state index contributed by atoms with van der Waals surface area (Å²) in [4.78, 5) is 0. The molecule has 0 amide bonds. The Balaban J connectivity index is 1.28. The lowest BCUT2D eigenvalue weighted by Gasteiger charge is -2.44. The van der Waals surface area contributed by atoms with Gasteiger partial charge in [0.15, 0.2) is 0 Å². The van der Waals surface area contributed by atoms with Gasteiger partial charge in [-0.2, -0.15) is 0 Å². The fourth-order valence-corrected chi connectivity index (χ4v) is 4.58. The molecule has 32 heavy (non-hydrogen) atoms. The number of aryl methyl sites for hydroxylation is 1. The first-order valence-corrected chi connectivity index (χ1v) is 11.4. The summed E-state index contributed by atoms with van der Waals surface area (Å²) in [6.45, 7) is 3.77. The minimum absolute atomic E-state index is 0.0498. The molecule has 0 radical (unpaired) electrons. The van der Waals surface area contributed by atoms with Crippen LogP contribution in [0.3, 0.4) is 0 Å². The third-order valence-corrected chi connectivity index (χ3v) is 6.29. The van der Waals surface area contributed by atoms with Crippen molar-refractivity contribution in [3.05, 3.63) is 101 Å². The Hall–Kier alpha value is -2.66. The van der Waals surface area contributed by atoms with Gasteiger partial charge in [-0.1, -0.05) is 72.8 Å². The van der Waals surface area contributed by atoms with Crippen LogP contribution in [0.4, 0.5) is 0 Å². The number of rotatable bonds is 7. The largest absolute Gasteiger partial charge is 0.464 e. The fraction of sp³-hybridized carbons (Fsp3) is 0.357. The predicted octanol–water partition coefficient (Wildman–Crippen LogP) is 5.46. The van der Waals surface area contributed by atoms with Gasteiger partial charge in [0.1, 0.15) is 5.75 Å². The highest BCUT2D eigenvalue weighted by Crippen LogP contribution is 2.39. The van der Waals surface area contributed by atoms with E-state index in [0.717, 1.165) is 24.2 Å². The Kier molecular flexibility index (Phi) is 6.54.